The van der Waals surface area contributed by atoms with E-state index in [1.165, 1.54) is 6.42 Å². The molecule has 0 aliphatic carbocycles. The molecule has 0 bridgehead atoms. The summed E-state index contributed by atoms with van der Waals surface area (Å²) in [6.07, 6.45) is 3.45. The molecule has 3 heteroatoms. The van der Waals surface area contributed by atoms with Gasteiger partial charge in [-0.15, -0.1) is 0 Å². The van der Waals surface area contributed by atoms with Gasteiger partial charge >= 0.3 is 0 Å². The summed E-state index contributed by atoms with van der Waals surface area (Å²) in [4.78, 5) is 0. The molecule has 0 fully saturated rings. The Morgan fingerprint density at radius 1 is 1.08 bits per heavy atom. The van der Waals surface area contributed by atoms with Crippen LogP contribution in [0.5, 0.6) is 0 Å². The quantitative estimate of drug-likeness (QED) is 0.533. The lowest BCUT2D eigenvalue weighted by Crippen LogP contribution is -2.18. The molecule has 82 valence electrons. The van der Waals surface area contributed by atoms with E-state index in [2.05, 4.69) is 5.32 Å². The van der Waals surface area contributed by atoms with Crippen molar-refractivity contribution < 1.29 is 10.9 Å². The summed E-state index contributed by atoms with van der Waals surface area (Å²) in [5, 5.41) is 3.37. The van der Waals surface area contributed by atoms with Crippen molar-refractivity contribution in [2.24, 2.45) is 0 Å². The molecule has 0 radical (unpaired) electrons. The molecule has 0 aromatic rings. The van der Waals surface area contributed by atoms with Crippen LogP contribution in [0.25, 0.3) is 0 Å². The number of methoxy groups -OCH3 is 1. The van der Waals surface area contributed by atoms with Crippen LogP contribution in [0.15, 0.2) is 0 Å². The molecule has 0 atom stereocenters. The number of hydrogen-bond donors (Lipinski definition) is 1. The molecular weight excluding hydrogens is 166 g/mol. The molecule has 0 rings (SSSR count). The van der Waals surface area contributed by atoms with Gasteiger partial charge in [-0.2, -0.15) is 0 Å². The summed E-state index contributed by atoms with van der Waals surface area (Å²) in [7, 11) is 1.75. The molecule has 0 aliphatic rings. The molecule has 0 heterocycles. The van der Waals surface area contributed by atoms with Crippen LogP contribution in [0.4, 0.5) is 0 Å². The van der Waals surface area contributed by atoms with Crippen LogP contribution in [0.3, 0.4) is 0 Å². The highest BCUT2D eigenvalue weighted by molar-refractivity contribution is 4.48. The van der Waals surface area contributed by atoms with Gasteiger partial charge in [-0.05, 0) is 39.3 Å². The minimum atomic E-state index is 0. The van der Waals surface area contributed by atoms with Crippen LogP contribution in [0.1, 0.15) is 27.6 Å². The Bertz CT molecular complexity index is 84.2. The smallest absolute Gasteiger partial charge is 0.0477 e. The molecule has 0 aromatic heterocycles. The number of unbranched alkanes of at least 4 members (excludes halogenated alkanes) is 1. The zero-order valence-corrected chi connectivity index (χ0v) is 8.97. The molecule has 1 N–H and O–H groups in total. The monoisotopic (exact) mass is 191 g/mol. The summed E-state index contributed by atoms with van der Waals surface area (Å²) in [5.41, 5.74) is 0. The fourth-order valence-corrected chi connectivity index (χ4v) is 1.06. The van der Waals surface area contributed by atoms with Gasteiger partial charge in [0.2, 0.25) is 0 Å². The van der Waals surface area contributed by atoms with Crippen LogP contribution < -0.4 is 5.32 Å². The second-order valence-corrected chi connectivity index (χ2v) is 3.00. The van der Waals surface area contributed by atoms with Crippen LogP contribution in [-0.2, 0) is 9.47 Å². The maximum Gasteiger partial charge on any atom is 0.0477 e. The van der Waals surface area contributed by atoms with E-state index in [1.54, 1.807) is 7.11 Å². The highest BCUT2D eigenvalue weighted by Gasteiger charge is 1.89. The summed E-state index contributed by atoms with van der Waals surface area (Å²) in [6.45, 7) is 6.76. The number of nitrogens with one attached hydrogen (secondary N) is 1. The van der Waals surface area contributed by atoms with E-state index >= 15 is 0 Å². The Morgan fingerprint density at radius 3 is 2.54 bits per heavy atom. The number of rotatable bonds is 10. The standard InChI is InChI=1S/C10H23NO2.H2/c1-3-13-10-6-8-11-7-4-5-9-12-2;/h11H,3-10H2,1-2H3;1H. The van der Waals surface area contributed by atoms with Crippen molar-refractivity contribution in [1.29, 1.82) is 0 Å². The van der Waals surface area contributed by atoms with E-state index in [0.29, 0.717) is 0 Å². The van der Waals surface area contributed by atoms with E-state index in [-0.39, 0.29) is 1.43 Å². The minimum Gasteiger partial charge on any atom is -0.385 e. The SMILES string of the molecule is CCOCCCNCCCCOC.[HH]. The van der Waals surface area contributed by atoms with Crippen molar-refractivity contribution in [2.75, 3.05) is 40.0 Å². The maximum absolute atomic E-state index is 5.22. The second kappa shape index (κ2) is 11.9. The Hall–Kier alpha value is -0.120. The highest BCUT2D eigenvalue weighted by atomic mass is 16.5. The van der Waals surface area contributed by atoms with E-state index < -0.39 is 0 Å². The predicted octanol–water partition coefficient (Wildman–Crippen LogP) is 1.68. The lowest BCUT2D eigenvalue weighted by Gasteiger charge is -2.04. The van der Waals surface area contributed by atoms with Crippen molar-refractivity contribution in [2.45, 2.75) is 26.2 Å². The molecule has 0 spiro atoms. The van der Waals surface area contributed by atoms with Crippen molar-refractivity contribution >= 4 is 0 Å². The van der Waals surface area contributed by atoms with Crippen LogP contribution in [0.2, 0.25) is 0 Å². The second-order valence-electron chi connectivity index (χ2n) is 3.00. The Kier molecular flexibility index (Phi) is 11.8. The molecule has 13 heavy (non-hydrogen) atoms. The van der Waals surface area contributed by atoms with Gasteiger partial charge in [0, 0.05) is 28.4 Å². The fraction of sp³-hybridized carbons (Fsp3) is 1.00. The minimum absolute atomic E-state index is 0. The third-order valence-corrected chi connectivity index (χ3v) is 1.80. The Balaban J connectivity index is 0. The number of hydrogen-bond acceptors (Lipinski definition) is 3. The topological polar surface area (TPSA) is 30.5 Å². The van der Waals surface area contributed by atoms with Gasteiger partial charge < -0.3 is 14.8 Å². The van der Waals surface area contributed by atoms with E-state index in [1.807, 2.05) is 6.92 Å². The van der Waals surface area contributed by atoms with Gasteiger partial charge in [0.05, 0.1) is 0 Å². The molecule has 3 nitrogen and oxygen atoms in total. The first-order chi connectivity index (χ1) is 6.41. The van der Waals surface area contributed by atoms with Gasteiger partial charge in [-0.3, -0.25) is 0 Å². The van der Waals surface area contributed by atoms with Crippen molar-refractivity contribution in [3.8, 4) is 0 Å². The van der Waals surface area contributed by atoms with Crippen LogP contribution >= 0.6 is 0 Å². The van der Waals surface area contributed by atoms with E-state index in [9.17, 15) is 0 Å². The van der Waals surface area contributed by atoms with Crippen LogP contribution in [-0.4, -0.2) is 40.0 Å². The Labute approximate surface area is 83.3 Å². The van der Waals surface area contributed by atoms with Gasteiger partial charge in [-0.25, -0.2) is 0 Å². The maximum atomic E-state index is 5.22. The zero-order chi connectivity index (χ0) is 9.78. The highest BCUT2D eigenvalue weighted by Crippen LogP contribution is 1.87. The first kappa shape index (κ1) is 12.9. The predicted molar refractivity (Wildman–Crippen MR) is 57.2 cm³/mol. The zero-order valence-electron chi connectivity index (χ0n) is 8.97. The first-order valence-corrected chi connectivity index (χ1v) is 5.19. The molecule has 0 unspecified atom stereocenters. The van der Waals surface area contributed by atoms with Crippen molar-refractivity contribution in [3.63, 3.8) is 0 Å². The lowest BCUT2D eigenvalue weighted by molar-refractivity contribution is 0.144. The van der Waals surface area contributed by atoms with Crippen LogP contribution in [0, 0.1) is 0 Å². The summed E-state index contributed by atoms with van der Waals surface area (Å²) < 4.78 is 10.2. The Morgan fingerprint density at radius 2 is 1.85 bits per heavy atom. The summed E-state index contributed by atoms with van der Waals surface area (Å²) in [6, 6.07) is 0. The van der Waals surface area contributed by atoms with Gasteiger partial charge in [0.1, 0.15) is 0 Å². The molecule has 0 aliphatic heterocycles. The molecule has 0 saturated carbocycles. The average molecular weight is 191 g/mol. The van der Waals surface area contributed by atoms with E-state index in [4.69, 9.17) is 9.47 Å². The number of ether oxygens (including phenoxy) is 2. The summed E-state index contributed by atoms with van der Waals surface area (Å²) in [5.74, 6) is 0. The third kappa shape index (κ3) is 11.9. The van der Waals surface area contributed by atoms with Crippen molar-refractivity contribution in [3.05, 3.63) is 0 Å². The largest absolute Gasteiger partial charge is 0.385 e. The molecule has 0 saturated heterocycles. The van der Waals surface area contributed by atoms with Gasteiger partial charge in [-0.1, -0.05) is 0 Å². The average Bonchev–Trinajstić information content (AvgIpc) is 2.16. The lowest BCUT2D eigenvalue weighted by atomic mass is 10.3. The first-order valence-electron chi connectivity index (χ1n) is 5.19. The normalized spacial score (nSPS) is 10.6. The molecule has 0 amide bonds. The van der Waals surface area contributed by atoms with Gasteiger partial charge in [0.15, 0.2) is 0 Å². The fourth-order valence-electron chi connectivity index (χ4n) is 1.06. The third-order valence-electron chi connectivity index (χ3n) is 1.80. The van der Waals surface area contributed by atoms with Crippen molar-refractivity contribution in [1.82, 2.24) is 5.32 Å². The van der Waals surface area contributed by atoms with Gasteiger partial charge in [0.25, 0.3) is 0 Å². The summed E-state index contributed by atoms with van der Waals surface area (Å²) >= 11 is 0. The molecular formula is C10H25NO2. The van der Waals surface area contributed by atoms with E-state index in [0.717, 1.165) is 45.8 Å². The molecule has 0 aromatic carbocycles.